The maximum absolute atomic E-state index is 12.7. The van der Waals surface area contributed by atoms with Crippen molar-refractivity contribution in [2.75, 3.05) is 4.72 Å². The van der Waals surface area contributed by atoms with Gasteiger partial charge in [-0.1, -0.05) is 6.07 Å². The van der Waals surface area contributed by atoms with Crippen molar-refractivity contribution in [1.82, 2.24) is 4.98 Å². The second-order valence-electron chi connectivity index (χ2n) is 5.30. The first-order chi connectivity index (χ1) is 11.5. The first-order valence-corrected chi connectivity index (χ1v) is 8.64. The number of nitrogens with one attached hydrogen (secondary N) is 2. The SMILES string of the molecule is O=c1ccc2cc(S(=O)(=O)Nc3cccc4[nH]ccc34)ccc2o1. The molecule has 6 nitrogen and oxygen atoms in total. The first kappa shape index (κ1) is 14.5. The molecule has 0 aliphatic heterocycles. The molecule has 0 spiro atoms. The number of H-pyrrole nitrogens is 1. The predicted molar refractivity (Wildman–Crippen MR) is 91.6 cm³/mol. The fourth-order valence-electron chi connectivity index (χ4n) is 2.60. The summed E-state index contributed by atoms with van der Waals surface area (Å²) in [4.78, 5) is 14.3. The molecule has 2 heterocycles. The van der Waals surface area contributed by atoms with E-state index in [1.54, 1.807) is 18.3 Å². The Morgan fingerprint density at radius 1 is 1.00 bits per heavy atom. The van der Waals surface area contributed by atoms with E-state index in [0.717, 1.165) is 10.9 Å². The minimum absolute atomic E-state index is 0.0939. The quantitative estimate of drug-likeness (QED) is 0.561. The molecule has 7 heteroatoms. The van der Waals surface area contributed by atoms with Crippen molar-refractivity contribution in [2.45, 2.75) is 4.90 Å². The molecule has 2 aromatic carbocycles. The lowest BCUT2D eigenvalue weighted by atomic mass is 10.2. The molecule has 2 aromatic heterocycles. The Labute approximate surface area is 136 Å². The van der Waals surface area contributed by atoms with E-state index < -0.39 is 15.6 Å². The van der Waals surface area contributed by atoms with Crippen LogP contribution in [0.4, 0.5) is 5.69 Å². The zero-order chi connectivity index (χ0) is 16.7. The molecule has 120 valence electrons. The standard InChI is InChI=1S/C17H12N2O4S/c20-17-7-4-11-10-12(5-6-16(11)23-17)24(21,22)19-15-3-1-2-14-13(15)8-9-18-14/h1-10,18-19H. The summed E-state index contributed by atoms with van der Waals surface area (Å²) in [7, 11) is -3.77. The van der Waals surface area contributed by atoms with Crippen LogP contribution in [0.15, 0.2) is 74.9 Å². The number of sulfonamides is 1. The summed E-state index contributed by atoms with van der Waals surface area (Å²) in [6.07, 6.45) is 1.75. The van der Waals surface area contributed by atoms with Crippen molar-refractivity contribution in [2.24, 2.45) is 0 Å². The van der Waals surface area contributed by atoms with E-state index in [9.17, 15) is 13.2 Å². The van der Waals surface area contributed by atoms with Gasteiger partial charge in [0.1, 0.15) is 5.58 Å². The molecule has 2 N–H and O–H groups in total. The van der Waals surface area contributed by atoms with Gasteiger partial charge in [0.2, 0.25) is 0 Å². The van der Waals surface area contributed by atoms with E-state index in [4.69, 9.17) is 4.42 Å². The van der Waals surface area contributed by atoms with Gasteiger partial charge in [-0.15, -0.1) is 0 Å². The van der Waals surface area contributed by atoms with Crippen molar-refractivity contribution in [3.8, 4) is 0 Å². The number of fused-ring (bicyclic) bond motifs is 2. The summed E-state index contributed by atoms with van der Waals surface area (Å²) < 4.78 is 32.9. The second kappa shape index (κ2) is 5.24. The molecule has 24 heavy (non-hydrogen) atoms. The fraction of sp³-hybridized carbons (Fsp3) is 0. The molecular formula is C17H12N2O4S. The number of hydrogen-bond donors (Lipinski definition) is 2. The maximum atomic E-state index is 12.7. The van der Waals surface area contributed by atoms with Crippen LogP contribution in [0.3, 0.4) is 0 Å². The van der Waals surface area contributed by atoms with Gasteiger partial charge >= 0.3 is 5.63 Å². The van der Waals surface area contributed by atoms with Crippen molar-refractivity contribution in [3.63, 3.8) is 0 Å². The summed E-state index contributed by atoms with van der Waals surface area (Å²) in [5, 5.41) is 1.32. The number of benzene rings is 2. The first-order valence-electron chi connectivity index (χ1n) is 7.16. The van der Waals surface area contributed by atoms with Crippen LogP contribution in [-0.4, -0.2) is 13.4 Å². The van der Waals surface area contributed by atoms with E-state index in [1.807, 2.05) is 12.1 Å². The van der Waals surface area contributed by atoms with E-state index in [0.29, 0.717) is 16.7 Å². The van der Waals surface area contributed by atoms with Crippen molar-refractivity contribution < 1.29 is 12.8 Å². The van der Waals surface area contributed by atoms with Crippen LogP contribution in [-0.2, 0) is 10.0 Å². The van der Waals surface area contributed by atoms with Crippen LogP contribution < -0.4 is 10.3 Å². The number of aromatic nitrogens is 1. The van der Waals surface area contributed by atoms with Crippen molar-refractivity contribution in [3.05, 3.63) is 71.2 Å². The van der Waals surface area contributed by atoms with Gasteiger partial charge in [-0.05, 0) is 42.5 Å². The van der Waals surface area contributed by atoms with Gasteiger partial charge in [-0.25, -0.2) is 13.2 Å². The summed E-state index contributed by atoms with van der Waals surface area (Å²) in [5.41, 5.74) is 1.20. The molecule has 0 aliphatic carbocycles. The van der Waals surface area contributed by atoms with Gasteiger partial charge < -0.3 is 9.40 Å². The predicted octanol–water partition coefficient (Wildman–Crippen LogP) is 3.08. The highest BCUT2D eigenvalue weighted by Crippen LogP contribution is 2.26. The molecule has 4 rings (SSSR count). The van der Waals surface area contributed by atoms with E-state index in [1.165, 1.54) is 30.3 Å². The van der Waals surface area contributed by atoms with Gasteiger partial charge in [0.05, 0.1) is 10.6 Å². The topological polar surface area (TPSA) is 92.2 Å². The average Bonchev–Trinajstić information content (AvgIpc) is 3.04. The average molecular weight is 340 g/mol. The monoisotopic (exact) mass is 340 g/mol. The molecule has 0 aliphatic rings. The van der Waals surface area contributed by atoms with Gasteiger partial charge in [0.25, 0.3) is 10.0 Å². The van der Waals surface area contributed by atoms with Crippen molar-refractivity contribution in [1.29, 1.82) is 0 Å². The highest BCUT2D eigenvalue weighted by molar-refractivity contribution is 7.92. The largest absolute Gasteiger partial charge is 0.423 e. The Hall–Kier alpha value is -3.06. The molecule has 4 aromatic rings. The van der Waals surface area contributed by atoms with E-state index in [-0.39, 0.29) is 4.90 Å². The number of aromatic amines is 1. The van der Waals surface area contributed by atoms with E-state index in [2.05, 4.69) is 9.71 Å². The van der Waals surface area contributed by atoms with Crippen LogP contribution >= 0.6 is 0 Å². The highest BCUT2D eigenvalue weighted by Gasteiger charge is 2.16. The lowest BCUT2D eigenvalue weighted by molar-refractivity contribution is 0.560. The normalized spacial score (nSPS) is 11.8. The highest BCUT2D eigenvalue weighted by atomic mass is 32.2. The maximum Gasteiger partial charge on any atom is 0.336 e. The molecule has 0 amide bonds. The third-order valence-electron chi connectivity index (χ3n) is 3.74. The molecule has 0 atom stereocenters. The number of rotatable bonds is 3. The minimum atomic E-state index is -3.77. The Balaban J connectivity index is 1.78. The summed E-state index contributed by atoms with van der Waals surface area (Å²) in [6, 6.07) is 14.3. The second-order valence-corrected chi connectivity index (χ2v) is 6.99. The van der Waals surface area contributed by atoms with Crippen molar-refractivity contribution >= 4 is 37.6 Å². The van der Waals surface area contributed by atoms with Gasteiger partial charge in [-0.3, -0.25) is 4.72 Å². The Morgan fingerprint density at radius 3 is 2.75 bits per heavy atom. The van der Waals surface area contributed by atoms with Gasteiger partial charge in [0.15, 0.2) is 0 Å². The van der Waals surface area contributed by atoms with Crippen LogP contribution in [0, 0.1) is 0 Å². The van der Waals surface area contributed by atoms with Crippen LogP contribution in [0.5, 0.6) is 0 Å². The fourth-order valence-corrected chi connectivity index (χ4v) is 3.71. The minimum Gasteiger partial charge on any atom is -0.423 e. The molecule has 0 saturated heterocycles. The Kier molecular flexibility index (Phi) is 3.17. The van der Waals surface area contributed by atoms with E-state index >= 15 is 0 Å². The van der Waals surface area contributed by atoms with Crippen LogP contribution in [0.1, 0.15) is 0 Å². The zero-order valence-corrected chi connectivity index (χ0v) is 13.1. The summed E-state index contributed by atoms with van der Waals surface area (Å²) in [5.74, 6) is 0. The summed E-state index contributed by atoms with van der Waals surface area (Å²) >= 11 is 0. The molecular weight excluding hydrogens is 328 g/mol. The smallest absolute Gasteiger partial charge is 0.336 e. The summed E-state index contributed by atoms with van der Waals surface area (Å²) in [6.45, 7) is 0. The Bertz CT molecular complexity index is 1220. The Morgan fingerprint density at radius 2 is 1.88 bits per heavy atom. The molecule has 0 fully saturated rings. The third kappa shape index (κ3) is 2.44. The molecule has 0 saturated carbocycles. The lowest BCUT2D eigenvalue weighted by Gasteiger charge is -2.09. The number of hydrogen-bond acceptors (Lipinski definition) is 4. The molecule has 0 bridgehead atoms. The number of anilines is 1. The lowest BCUT2D eigenvalue weighted by Crippen LogP contribution is -2.13. The van der Waals surface area contributed by atoms with Gasteiger partial charge in [0, 0.05) is 28.6 Å². The van der Waals surface area contributed by atoms with Gasteiger partial charge in [-0.2, -0.15) is 0 Å². The molecule has 0 unspecified atom stereocenters. The zero-order valence-electron chi connectivity index (χ0n) is 12.3. The van der Waals surface area contributed by atoms with Crippen LogP contribution in [0.25, 0.3) is 21.9 Å². The third-order valence-corrected chi connectivity index (χ3v) is 5.10. The molecule has 0 radical (unpaired) electrons. The van der Waals surface area contributed by atoms with Crippen LogP contribution in [0.2, 0.25) is 0 Å².